The number of likely N-dealkylation sites (N-methyl/N-ethyl adjacent to an activating group) is 1. The summed E-state index contributed by atoms with van der Waals surface area (Å²) in [5.74, 6) is -2.47. The standard InChI is InChI=1S/C16H25F3N2/c1-4-11(5-2)10-21(6-3)16(9-20)12-7-14(18)15(19)8-13(12)17/h7-8,11,16H,4-6,9-10,20H2,1-3H3. The molecule has 0 heterocycles. The Bertz CT molecular complexity index is 447. The number of halogens is 3. The van der Waals surface area contributed by atoms with E-state index < -0.39 is 23.5 Å². The van der Waals surface area contributed by atoms with E-state index in [2.05, 4.69) is 13.8 Å². The van der Waals surface area contributed by atoms with Gasteiger partial charge in [0.15, 0.2) is 11.6 Å². The van der Waals surface area contributed by atoms with Crippen molar-refractivity contribution in [3.8, 4) is 0 Å². The number of hydrogen-bond donors (Lipinski definition) is 1. The summed E-state index contributed by atoms with van der Waals surface area (Å²) in [7, 11) is 0. The Kier molecular flexibility index (Phi) is 7.18. The highest BCUT2D eigenvalue weighted by molar-refractivity contribution is 5.24. The van der Waals surface area contributed by atoms with E-state index in [-0.39, 0.29) is 12.1 Å². The van der Waals surface area contributed by atoms with E-state index in [1.54, 1.807) is 0 Å². The van der Waals surface area contributed by atoms with Crippen LogP contribution in [0.5, 0.6) is 0 Å². The molecule has 1 rings (SSSR count). The number of nitrogens with two attached hydrogens (primary N) is 1. The first kappa shape index (κ1) is 18.0. The van der Waals surface area contributed by atoms with Crippen LogP contribution < -0.4 is 5.73 Å². The minimum atomic E-state index is -1.17. The van der Waals surface area contributed by atoms with Crippen molar-refractivity contribution in [2.75, 3.05) is 19.6 Å². The molecule has 2 nitrogen and oxygen atoms in total. The maximum Gasteiger partial charge on any atom is 0.161 e. The second-order valence-electron chi connectivity index (χ2n) is 5.31. The van der Waals surface area contributed by atoms with Gasteiger partial charge in [-0.2, -0.15) is 0 Å². The van der Waals surface area contributed by atoms with Gasteiger partial charge in [0.1, 0.15) is 5.82 Å². The van der Waals surface area contributed by atoms with Crippen molar-refractivity contribution in [1.29, 1.82) is 0 Å². The zero-order valence-electron chi connectivity index (χ0n) is 13.0. The van der Waals surface area contributed by atoms with Crippen LogP contribution in [0.3, 0.4) is 0 Å². The van der Waals surface area contributed by atoms with Gasteiger partial charge in [0, 0.05) is 24.7 Å². The Morgan fingerprint density at radius 2 is 1.57 bits per heavy atom. The van der Waals surface area contributed by atoms with Gasteiger partial charge in [-0.25, -0.2) is 13.2 Å². The molecule has 0 bridgehead atoms. The molecule has 120 valence electrons. The second-order valence-corrected chi connectivity index (χ2v) is 5.31. The van der Waals surface area contributed by atoms with Crippen LogP contribution in [-0.2, 0) is 0 Å². The van der Waals surface area contributed by atoms with Crippen molar-refractivity contribution in [2.45, 2.75) is 39.7 Å². The fourth-order valence-electron chi connectivity index (χ4n) is 2.62. The first-order valence-corrected chi connectivity index (χ1v) is 7.56. The Morgan fingerprint density at radius 3 is 2.05 bits per heavy atom. The average Bonchev–Trinajstić information content (AvgIpc) is 2.48. The van der Waals surface area contributed by atoms with Crippen LogP contribution in [0.1, 0.15) is 45.2 Å². The zero-order valence-corrected chi connectivity index (χ0v) is 13.0. The number of hydrogen-bond acceptors (Lipinski definition) is 2. The lowest BCUT2D eigenvalue weighted by Crippen LogP contribution is -2.37. The van der Waals surface area contributed by atoms with Gasteiger partial charge in [-0.3, -0.25) is 4.90 Å². The van der Waals surface area contributed by atoms with Crippen LogP contribution in [0, 0.1) is 23.4 Å². The molecule has 1 aromatic carbocycles. The molecule has 0 aliphatic carbocycles. The maximum absolute atomic E-state index is 14.0. The first-order chi connectivity index (χ1) is 9.98. The van der Waals surface area contributed by atoms with Crippen molar-refractivity contribution in [3.05, 3.63) is 35.1 Å². The van der Waals surface area contributed by atoms with Crippen LogP contribution in [0.4, 0.5) is 13.2 Å². The van der Waals surface area contributed by atoms with Crippen LogP contribution in [0.15, 0.2) is 12.1 Å². The Hall–Kier alpha value is -1.07. The van der Waals surface area contributed by atoms with Gasteiger partial charge < -0.3 is 5.73 Å². The lowest BCUT2D eigenvalue weighted by Gasteiger charge is -2.33. The van der Waals surface area contributed by atoms with E-state index >= 15 is 0 Å². The zero-order chi connectivity index (χ0) is 16.0. The molecule has 0 aromatic heterocycles. The van der Waals surface area contributed by atoms with Crippen molar-refractivity contribution < 1.29 is 13.2 Å². The highest BCUT2D eigenvalue weighted by Crippen LogP contribution is 2.26. The molecule has 0 radical (unpaired) electrons. The summed E-state index contributed by atoms with van der Waals surface area (Å²) in [5, 5.41) is 0. The van der Waals surface area contributed by atoms with E-state index in [9.17, 15) is 13.2 Å². The minimum absolute atomic E-state index is 0.129. The van der Waals surface area contributed by atoms with E-state index in [4.69, 9.17) is 5.73 Å². The van der Waals surface area contributed by atoms with Crippen molar-refractivity contribution >= 4 is 0 Å². The quantitative estimate of drug-likeness (QED) is 0.739. The molecule has 0 aliphatic heterocycles. The van der Waals surface area contributed by atoms with Gasteiger partial charge in [0.2, 0.25) is 0 Å². The highest BCUT2D eigenvalue weighted by Gasteiger charge is 2.24. The molecule has 2 N–H and O–H groups in total. The molecule has 0 fully saturated rings. The Labute approximate surface area is 125 Å². The monoisotopic (exact) mass is 302 g/mol. The van der Waals surface area contributed by atoms with Crippen molar-refractivity contribution in [2.24, 2.45) is 11.7 Å². The highest BCUT2D eigenvalue weighted by atomic mass is 19.2. The van der Waals surface area contributed by atoms with Crippen LogP contribution in [0.25, 0.3) is 0 Å². The SMILES string of the molecule is CCC(CC)CN(CC)C(CN)c1cc(F)c(F)cc1F. The lowest BCUT2D eigenvalue weighted by atomic mass is 9.99. The molecule has 1 unspecified atom stereocenters. The molecule has 21 heavy (non-hydrogen) atoms. The number of rotatable bonds is 8. The third-order valence-electron chi connectivity index (χ3n) is 4.12. The average molecular weight is 302 g/mol. The van der Waals surface area contributed by atoms with E-state index in [0.29, 0.717) is 18.5 Å². The van der Waals surface area contributed by atoms with Crippen LogP contribution in [0.2, 0.25) is 0 Å². The van der Waals surface area contributed by atoms with E-state index in [1.807, 2.05) is 11.8 Å². The molecule has 0 saturated heterocycles. The van der Waals surface area contributed by atoms with Crippen molar-refractivity contribution in [1.82, 2.24) is 4.90 Å². The maximum atomic E-state index is 14.0. The van der Waals surface area contributed by atoms with Crippen LogP contribution >= 0.6 is 0 Å². The molecule has 5 heteroatoms. The predicted octanol–water partition coefficient (Wildman–Crippen LogP) is 3.86. The van der Waals surface area contributed by atoms with E-state index in [0.717, 1.165) is 25.5 Å². The molecule has 0 spiro atoms. The smallest absolute Gasteiger partial charge is 0.161 e. The van der Waals surface area contributed by atoms with Crippen LogP contribution in [-0.4, -0.2) is 24.5 Å². The largest absolute Gasteiger partial charge is 0.329 e. The van der Waals surface area contributed by atoms with Gasteiger partial charge in [-0.15, -0.1) is 0 Å². The summed E-state index contributed by atoms with van der Waals surface area (Å²) in [6.45, 7) is 7.79. The van der Waals surface area contributed by atoms with E-state index in [1.165, 1.54) is 0 Å². The third kappa shape index (κ3) is 4.45. The minimum Gasteiger partial charge on any atom is -0.329 e. The molecule has 0 aliphatic rings. The second kappa shape index (κ2) is 8.39. The summed E-state index contributed by atoms with van der Waals surface area (Å²) in [4.78, 5) is 2.04. The molecule has 1 atom stereocenters. The lowest BCUT2D eigenvalue weighted by molar-refractivity contribution is 0.171. The van der Waals surface area contributed by atoms with Gasteiger partial charge in [0.25, 0.3) is 0 Å². The molecular formula is C16H25F3N2. The summed E-state index contributed by atoms with van der Waals surface area (Å²) in [6.07, 6.45) is 2.04. The Morgan fingerprint density at radius 1 is 1.00 bits per heavy atom. The normalized spacial score (nSPS) is 13.2. The van der Waals surface area contributed by atoms with Gasteiger partial charge >= 0.3 is 0 Å². The number of benzene rings is 1. The summed E-state index contributed by atoms with van der Waals surface area (Å²) >= 11 is 0. The topological polar surface area (TPSA) is 29.3 Å². The first-order valence-electron chi connectivity index (χ1n) is 7.56. The molecule has 0 amide bonds. The summed E-state index contributed by atoms with van der Waals surface area (Å²) in [6, 6.07) is 1.08. The van der Waals surface area contributed by atoms with Gasteiger partial charge in [0.05, 0.1) is 6.04 Å². The van der Waals surface area contributed by atoms with Gasteiger partial charge in [-0.05, 0) is 18.5 Å². The Balaban J connectivity index is 3.06. The molecular weight excluding hydrogens is 277 g/mol. The fraction of sp³-hybridized carbons (Fsp3) is 0.625. The van der Waals surface area contributed by atoms with Crippen molar-refractivity contribution in [3.63, 3.8) is 0 Å². The van der Waals surface area contributed by atoms with Gasteiger partial charge in [-0.1, -0.05) is 33.6 Å². The summed E-state index contributed by atoms with van der Waals surface area (Å²) < 4.78 is 40.5. The molecule has 1 aromatic rings. The fourth-order valence-corrected chi connectivity index (χ4v) is 2.62. The summed E-state index contributed by atoms with van der Waals surface area (Å²) in [5.41, 5.74) is 5.90. The predicted molar refractivity (Wildman–Crippen MR) is 79.4 cm³/mol. The number of nitrogens with zero attached hydrogens (tertiary/aromatic N) is 1. The third-order valence-corrected chi connectivity index (χ3v) is 4.12. The molecule has 0 saturated carbocycles.